The number of nitrogens with zero attached hydrogens (tertiary/aromatic N) is 4. The fourth-order valence-corrected chi connectivity index (χ4v) is 10.2. The predicted octanol–water partition coefficient (Wildman–Crippen LogP) is 6.20. The lowest BCUT2D eigenvalue weighted by molar-refractivity contribution is -0.354. The Hall–Kier alpha value is -3.50. The Morgan fingerprint density at radius 1 is 1.00 bits per heavy atom. The standard InChI is InChI=1S/C45H69FN4O10/c1-14-34-44(10)36(50(41(55)60-44)23-19-18-22-49-30(7)47-31-20-16-17-21-32(31)49)28(5)35(51)26(3)25-42(8,56-13)39(29(6)37(52)43(9,46)40(54)57-34)59-45(11)38(53)33(48(12)15-2)24-27(4)58-45/h16-17,20-21,26-29,33-34,36,38-39,53H,14-15,18-19,22-25H2,1-13H3/t26-,27-,28+,29+,33+,34-,36-,38-,39-,42-,43+,44-,45+/m1/s1. The van der Waals surface area contributed by atoms with Gasteiger partial charge in [0, 0.05) is 44.0 Å². The van der Waals surface area contributed by atoms with E-state index >= 15 is 4.39 Å². The Morgan fingerprint density at radius 2 is 1.65 bits per heavy atom. The summed E-state index contributed by atoms with van der Waals surface area (Å²) in [7, 11) is 3.30. The van der Waals surface area contributed by atoms with Crippen molar-refractivity contribution in [2.24, 2.45) is 17.8 Å². The summed E-state index contributed by atoms with van der Waals surface area (Å²) in [6, 6.07) is 6.59. The number of benzene rings is 1. The largest absolute Gasteiger partial charge is 0.455 e. The Labute approximate surface area is 354 Å². The molecule has 2 aromatic rings. The van der Waals surface area contributed by atoms with E-state index in [0.29, 0.717) is 32.4 Å². The van der Waals surface area contributed by atoms with Crippen LogP contribution >= 0.6 is 0 Å². The minimum absolute atomic E-state index is 0.00388. The lowest BCUT2D eigenvalue weighted by Gasteiger charge is -2.52. The zero-order valence-electron chi connectivity index (χ0n) is 38.0. The highest BCUT2D eigenvalue weighted by Gasteiger charge is 2.62. The van der Waals surface area contributed by atoms with Gasteiger partial charge >= 0.3 is 12.1 Å². The number of aromatic nitrogens is 2. The Morgan fingerprint density at radius 3 is 2.28 bits per heavy atom. The highest BCUT2D eigenvalue weighted by molar-refractivity contribution is 6.08. The third kappa shape index (κ3) is 8.75. The molecular weight excluding hydrogens is 776 g/mol. The van der Waals surface area contributed by atoms with Gasteiger partial charge in [-0.25, -0.2) is 19.0 Å². The van der Waals surface area contributed by atoms with E-state index in [0.717, 1.165) is 23.8 Å². The maximum Gasteiger partial charge on any atom is 0.410 e. The van der Waals surface area contributed by atoms with Crippen LogP contribution in [0, 0.1) is 24.7 Å². The number of ketones is 2. The molecule has 5 rings (SSSR count). The summed E-state index contributed by atoms with van der Waals surface area (Å²) in [5.74, 6) is -6.62. The number of imidazole rings is 1. The molecule has 15 heteroatoms. The second kappa shape index (κ2) is 18.1. The zero-order chi connectivity index (χ0) is 44.7. The van der Waals surface area contributed by atoms with Crippen LogP contribution in [0.15, 0.2) is 24.3 Å². The van der Waals surface area contributed by atoms with Gasteiger partial charge in [-0.2, -0.15) is 0 Å². The quantitative estimate of drug-likeness (QED) is 0.155. The average molecular weight is 845 g/mol. The van der Waals surface area contributed by atoms with Crippen molar-refractivity contribution in [3.05, 3.63) is 30.1 Å². The molecule has 0 bridgehead atoms. The van der Waals surface area contributed by atoms with E-state index in [4.69, 9.17) is 23.7 Å². The van der Waals surface area contributed by atoms with Crippen LogP contribution in [0.5, 0.6) is 0 Å². The number of fused-ring (bicyclic) bond motifs is 2. The number of alkyl halides is 1. The number of unbranched alkanes of at least 4 members (excludes halogenated alkanes) is 1. The van der Waals surface area contributed by atoms with Crippen molar-refractivity contribution in [3.63, 3.8) is 0 Å². The normalized spacial score (nSPS) is 38.5. The number of halogens is 1. The predicted molar refractivity (Wildman–Crippen MR) is 223 cm³/mol. The molecule has 336 valence electrons. The number of aliphatic hydroxyl groups excluding tert-OH is 1. The van der Waals surface area contributed by atoms with Crippen molar-refractivity contribution in [2.75, 3.05) is 27.2 Å². The molecule has 0 saturated carbocycles. The van der Waals surface area contributed by atoms with E-state index < -0.39 is 82.6 Å². The van der Waals surface area contributed by atoms with Gasteiger partial charge in [0.2, 0.25) is 0 Å². The molecule has 0 radical (unpaired) electrons. The van der Waals surface area contributed by atoms with Gasteiger partial charge in [-0.3, -0.25) is 9.59 Å². The highest BCUT2D eigenvalue weighted by atomic mass is 19.1. The number of para-hydroxylation sites is 2. The fraction of sp³-hybridized carbons (Fsp3) is 0.756. The molecule has 0 unspecified atom stereocenters. The molecule has 60 heavy (non-hydrogen) atoms. The number of hydrogen-bond donors (Lipinski definition) is 1. The van der Waals surface area contributed by atoms with Crippen LogP contribution in [0.4, 0.5) is 9.18 Å². The minimum Gasteiger partial charge on any atom is -0.455 e. The number of aliphatic hydroxyl groups is 1. The van der Waals surface area contributed by atoms with E-state index in [1.54, 1.807) is 41.5 Å². The molecular formula is C45H69FN4O10. The van der Waals surface area contributed by atoms with Crippen LogP contribution in [0.25, 0.3) is 11.0 Å². The van der Waals surface area contributed by atoms with Crippen LogP contribution < -0.4 is 0 Å². The van der Waals surface area contributed by atoms with Crippen molar-refractivity contribution >= 4 is 34.7 Å². The monoisotopic (exact) mass is 844 g/mol. The fourth-order valence-electron chi connectivity index (χ4n) is 10.2. The van der Waals surface area contributed by atoms with Crippen molar-refractivity contribution in [3.8, 4) is 0 Å². The molecule has 4 heterocycles. The molecule has 13 atom stereocenters. The van der Waals surface area contributed by atoms with Crippen molar-refractivity contribution < 1.29 is 52.4 Å². The highest BCUT2D eigenvalue weighted by Crippen LogP contribution is 2.45. The lowest BCUT2D eigenvalue weighted by atomic mass is 9.73. The first kappa shape index (κ1) is 47.5. The number of Topliss-reactive ketones (excluding diaryl/α,β-unsaturated/α-hetero) is 2. The number of likely N-dealkylation sites (N-methyl/N-ethyl adjacent to an activating group) is 1. The van der Waals surface area contributed by atoms with Crippen molar-refractivity contribution in [2.45, 2.75) is 174 Å². The Balaban J connectivity index is 1.51. The summed E-state index contributed by atoms with van der Waals surface area (Å²) in [4.78, 5) is 65.3. The minimum atomic E-state index is -3.19. The molecule has 0 spiro atoms. The first-order chi connectivity index (χ1) is 28.0. The molecule has 14 nitrogen and oxygen atoms in total. The van der Waals surface area contributed by atoms with E-state index in [1.165, 1.54) is 18.9 Å². The molecule has 3 aliphatic heterocycles. The number of aryl methyl sites for hydroxylation is 2. The number of carbonyl (C=O) groups excluding carboxylic acids is 4. The zero-order valence-corrected chi connectivity index (χ0v) is 38.0. The third-order valence-corrected chi connectivity index (χ3v) is 13.8. The van der Waals surface area contributed by atoms with E-state index in [1.807, 2.05) is 57.0 Å². The lowest BCUT2D eigenvalue weighted by Crippen LogP contribution is -2.65. The molecule has 1 N–H and O–H groups in total. The maximum atomic E-state index is 17.0. The summed E-state index contributed by atoms with van der Waals surface area (Å²) in [5, 5.41) is 11.8. The Bertz CT molecular complexity index is 1890. The summed E-state index contributed by atoms with van der Waals surface area (Å²) in [5.41, 5.74) is -4.33. The van der Waals surface area contributed by atoms with Gasteiger partial charge in [0.1, 0.15) is 23.8 Å². The van der Waals surface area contributed by atoms with Crippen LogP contribution in [0.3, 0.4) is 0 Å². The molecule has 0 aliphatic carbocycles. The van der Waals surface area contributed by atoms with Gasteiger partial charge in [-0.15, -0.1) is 0 Å². The van der Waals surface area contributed by atoms with Crippen LogP contribution in [0.2, 0.25) is 0 Å². The van der Waals surface area contributed by atoms with Crippen LogP contribution in [-0.4, -0.2) is 134 Å². The number of carbonyl (C=O) groups is 4. The summed E-state index contributed by atoms with van der Waals surface area (Å²) >= 11 is 0. The third-order valence-electron chi connectivity index (χ3n) is 13.8. The first-order valence-corrected chi connectivity index (χ1v) is 21.7. The number of cyclic esters (lactones) is 1. The van der Waals surface area contributed by atoms with E-state index in [9.17, 15) is 24.3 Å². The molecule has 3 fully saturated rings. The van der Waals surface area contributed by atoms with Gasteiger partial charge < -0.3 is 43.2 Å². The maximum absolute atomic E-state index is 17.0. The van der Waals surface area contributed by atoms with Crippen molar-refractivity contribution in [1.82, 2.24) is 19.4 Å². The van der Waals surface area contributed by atoms with Crippen LogP contribution in [-0.2, 0) is 44.6 Å². The van der Waals surface area contributed by atoms with Crippen LogP contribution in [0.1, 0.15) is 107 Å². The number of methoxy groups -OCH3 is 1. The van der Waals surface area contributed by atoms with Crippen molar-refractivity contribution in [1.29, 1.82) is 0 Å². The second-order valence-electron chi connectivity index (χ2n) is 18.3. The molecule has 1 aromatic carbocycles. The molecule has 1 amide bonds. The number of esters is 1. The van der Waals surface area contributed by atoms with Gasteiger partial charge in [-0.1, -0.05) is 46.8 Å². The number of amides is 1. The summed E-state index contributed by atoms with van der Waals surface area (Å²) < 4.78 is 50.4. The molecule has 1 aromatic heterocycles. The van der Waals surface area contributed by atoms with Gasteiger partial charge in [0.15, 0.2) is 17.2 Å². The number of rotatable bonds is 11. The van der Waals surface area contributed by atoms with Gasteiger partial charge in [-0.05, 0) is 99.4 Å². The smallest absolute Gasteiger partial charge is 0.410 e. The summed E-state index contributed by atoms with van der Waals surface area (Å²) in [6.07, 6.45) is -2.97. The second-order valence-corrected chi connectivity index (χ2v) is 18.3. The van der Waals surface area contributed by atoms with Gasteiger partial charge in [0.25, 0.3) is 5.67 Å². The first-order valence-electron chi connectivity index (χ1n) is 21.7. The topological polar surface area (TPSA) is 159 Å². The average Bonchev–Trinajstić information content (AvgIpc) is 3.67. The SMILES string of the molecule is CC[C@H]1OC(=O)[C@@](C)(F)C(=O)[C@H](C)[C@@H](O[C@]2(C)O[C@H](C)C[C@H](N(C)CC)[C@H]2O)[C@](C)(OC)C[C@@H](C)C(=O)[C@H](C)[C@H]2N(CCCCn3c(C)nc4ccccc43)C(=O)O[C@]12C. The molecule has 3 saturated heterocycles. The number of ether oxygens (including phenoxy) is 5. The van der Waals surface area contributed by atoms with E-state index in [2.05, 4.69) is 9.55 Å². The van der Waals surface area contributed by atoms with Gasteiger partial charge in [0.05, 0.1) is 34.9 Å². The Kier molecular flexibility index (Phi) is 14.3. The summed E-state index contributed by atoms with van der Waals surface area (Å²) in [6.45, 7) is 19.7. The number of hydrogen-bond acceptors (Lipinski definition) is 12. The molecule has 3 aliphatic rings. The van der Waals surface area contributed by atoms with E-state index in [-0.39, 0.29) is 37.3 Å².